The molecule has 0 aliphatic rings. The van der Waals surface area contributed by atoms with Crippen LogP contribution < -0.4 is 0 Å². The van der Waals surface area contributed by atoms with Gasteiger partial charge in [0, 0.05) is 22.1 Å². The summed E-state index contributed by atoms with van der Waals surface area (Å²) in [7, 11) is 0. The minimum atomic E-state index is 0. The van der Waals surface area contributed by atoms with Crippen LogP contribution in [0.4, 0.5) is 0 Å². The molecular formula is C17H21BrClNO. The van der Waals surface area contributed by atoms with E-state index in [-0.39, 0.29) is 12.4 Å². The van der Waals surface area contributed by atoms with Gasteiger partial charge in [0.25, 0.3) is 0 Å². The van der Waals surface area contributed by atoms with Crippen LogP contribution in [0.1, 0.15) is 19.4 Å². The molecule has 2 aromatic carbocycles. The molecule has 0 aromatic heterocycles. The molecule has 2 nitrogen and oxygen atoms in total. The zero-order valence-electron chi connectivity index (χ0n) is 12.3. The van der Waals surface area contributed by atoms with Gasteiger partial charge in [-0.3, -0.25) is 4.90 Å². The SMILES string of the molecule is CCN(CC)Cc1cc(Br)cc(-c2ccccc2)c1O.Cl. The minimum Gasteiger partial charge on any atom is -0.507 e. The molecule has 1 N–H and O–H groups in total. The van der Waals surface area contributed by atoms with Crippen LogP contribution in [0.25, 0.3) is 11.1 Å². The molecule has 4 heteroatoms. The summed E-state index contributed by atoms with van der Waals surface area (Å²) in [6.45, 7) is 6.98. The summed E-state index contributed by atoms with van der Waals surface area (Å²) in [5.41, 5.74) is 2.87. The molecule has 0 aliphatic carbocycles. The fourth-order valence-electron chi connectivity index (χ4n) is 2.30. The fraction of sp³-hybridized carbons (Fsp3) is 0.294. The second kappa shape index (κ2) is 8.42. The third-order valence-electron chi connectivity index (χ3n) is 3.53. The largest absolute Gasteiger partial charge is 0.507 e. The molecule has 0 radical (unpaired) electrons. The van der Waals surface area contributed by atoms with Gasteiger partial charge in [0.15, 0.2) is 0 Å². The molecule has 114 valence electrons. The van der Waals surface area contributed by atoms with E-state index in [4.69, 9.17) is 0 Å². The summed E-state index contributed by atoms with van der Waals surface area (Å²) >= 11 is 3.55. The maximum atomic E-state index is 10.6. The lowest BCUT2D eigenvalue weighted by Crippen LogP contribution is -2.22. The van der Waals surface area contributed by atoms with Crippen molar-refractivity contribution in [1.82, 2.24) is 4.90 Å². The molecule has 2 rings (SSSR count). The van der Waals surface area contributed by atoms with Gasteiger partial charge in [-0.2, -0.15) is 0 Å². The van der Waals surface area contributed by atoms with Crippen molar-refractivity contribution in [3.05, 3.63) is 52.5 Å². The molecule has 0 bridgehead atoms. The van der Waals surface area contributed by atoms with Gasteiger partial charge < -0.3 is 5.11 Å². The van der Waals surface area contributed by atoms with Crippen LogP contribution in [0.15, 0.2) is 46.9 Å². The first kappa shape index (κ1) is 18.0. The highest BCUT2D eigenvalue weighted by atomic mass is 79.9. The summed E-state index contributed by atoms with van der Waals surface area (Å²) in [5.74, 6) is 0.381. The predicted octanol–water partition coefficient (Wildman–Crippen LogP) is 5.09. The Morgan fingerprint density at radius 1 is 1.05 bits per heavy atom. The Morgan fingerprint density at radius 3 is 2.24 bits per heavy atom. The van der Waals surface area contributed by atoms with Gasteiger partial charge in [0.05, 0.1) is 0 Å². The van der Waals surface area contributed by atoms with Crippen molar-refractivity contribution in [3.8, 4) is 16.9 Å². The summed E-state index contributed by atoms with van der Waals surface area (Å²) < 4.78 is 0.997. The molecule has 0 aliphatic heterocycles. The summed E-state index contributed by atoms with van der Waals surface area (Å²) in [6.07, 6.45) is 0. The lowest BCUT2D eigenvalue weighted by Gasteiger charge is -2.20. The Bertz CT molecular complexity index is 571. The maximum Gasteiger partial charge on any atom is 0.127 e. The van der Waals surface area contributed by atoms with Crippen LogP contribution in [0.3, 0.4) is 0 Å². The molecule has 0 amide bonds. The normalized spacial score (nSPS) is 10.5. The van der Waals surface area contributed by atoms with E-state index in [2.05, 4.69) is 34.7 Å². The number of phenols is 1. The quantitative estimate of drug-likeness (QED) is 0.793. The third-order valence-corrected chi connectivity index (χ3v) is 3.98. The molecule has 0 saturated heterocycles. The number of aromatic hydroxyl groups is 1. The molecule has 0 fully saturated rings. The van der Waals surface area contributed by atoms with Crippen molar-refractivity contribution >= 4 is 28.3 Å². The van der Waals surface area contributed by atoms with Crippen molar-refractivity contribution in [3.63, 3.8) is 0 Å². The van der Waals surface area contributed by atoms with E-state index in [9.17, 15) is 5.11 Å². The number of rotatable bonds is 5. The summed E-state index contributed by atoms with van der Waals surface area (Å²) in [4.78, 5) is 2.29. The van der Waals surface area contributed by atoms with E-state index in [1.54, 1.807) is 0 Å². The highest BCUT2D eigenvalue weighted by molar-refractivity contribution is 9.10. The molecule has 0 unspecified atom stereocenters. The van der Waals surface area contributed by atoms with Gasteiger partial charge in [-0.1, -0.05) is 60.1 Å². The Labute approximate surface area is 141 Å². The van der Waals surface area contributed by atoms with E-state index in [1.165, 1.54) is 0 Å². The van der Waals surface area contributed by atoms with E-state index in [0.29, 0.717) is 5.75 Å². The molecule has 0 spiro atoms. The van der Waals surface area contributed by atoms with Crippen molar-refractivity contribution in [1.29, 1.82) is 0 Å². The average molecular weight is 371 g/mol. The zero-order chi connectivity index (χ0) is 14.5. The number of phenolic OH excluding ortho intramolecular Hbond substituents is 1. The second-order valence-electron chi connectivity index (χ2n) is 4.79. The van der Waals surface area contributed by atoms with Crippen LogP contribution >= 0.6 is 28.3 Å². The van der Waals surface area contributed by atoms with E-state index in [1.807, 2.05) is 42.5 Å². The van der Waals surface area contributed by atoms with Gasteiger partial charge in [0.2, 0.25) is 0 Å². The highest BCUT2D eigenvalue weighted by Crippen LogP contribution is 2.35. The summed E-state index contributed by atoms with van der Waals surface area (Å²) in [5, 5.41) is 10.6. The lowest BCUT2D eigenvalue weighted by atomic mass is 10.0. The van der Waals surface area contributed by atoms with Crippen LogP contribution in [-0.4, -0.2) is 23.1 Å². The van der Waals surface area contributed by atoms with E-state index < -0.39 is 0 Å². The number of nitrogens with zero attached hydrogens (tertiary/aromatic N) is 1. The molecular weight excluding hydrogens is 350 g/mol. The van der Waals surface area contributed by atoms with Crippen LogP contribution in [0.2, 0.25) is 0 Å². The smallest absolute Gasteiger partial charge is 0.127 e. The Hall–Kier alpha value is -1.03. The molecule has 0 atom stereocenters. The zero-order valence-corrected chi connectivity index (χ0v) is 14.7. The Kier molecular flexibility index (Phi) is 7.23. The first-order valence-electron chi connectivity index (χ1n) is 6.94. The number of benzene rings is 2. The van der Waals surface area contributed by atoms with Gasteiger partial charge >= 0.3 is 0 Å². The third kappa shape index (κ3) is 4.47. The number of hydrogen-bond acceptors (Lipinski definition) is 2. The molecule has 21 heavy (non-hydrogen) atoms. The molecule has 2 aromatic rings. The van der Waals surface area contributed by atoms with Crippen molar-refractivity contribution in [2.45, 2.75) is 20.4 Å². The minimum absolute atomic E-state index is 0. The van der Waals surface area contributed by atoms with Crippen molar-refractivity contribution in [2.24, 2.45) is 0 Å². The monoisotopic (exact) mass is 369 g/mol. The second-order valence-corrected chi connectivity index (χ2v) is 5.70. The van der Waals surface area contributed by atoms with Crippen LogP contribution in [-0.2, 0) is 6.54 Å². The van der Waals surface area contributed by atoms with Gasteiger partial charge in [-0.05, 0) is 30.8 Å². The first-order chi connectivity index (χ1) is 9.65. The summed E-state index contributed by atoms with van der Waals surface area (Å²) in [6, 6.07) is 14.0. The molecule has 0 heterocycles. The van der Waals surface area contributed by atoms with Gasteiger partial charge in [0.1, 0.15) is 5.75 Å². The van der Waals surface area contributed by atoms with Gasteiger partial charge in [-0.15, -0.1) is 12.4 Å². The maximum absolute atomic E-state index is 10.6. The van der Waals surface area contributed by atoms with E-state index in [0.717, 1.165) is 40.8 Å². The average Bonchev–Trinajstić information content (AvgIpc) is 2.48. The number of halogens is 2. The van der Waals surface area contributed by atoms with Gasteiger partial charge in [-0.25, -0.2) is 0 Å². The van der Waals surface area contributed by atoms with Crippen molar-refractivity contribution in [2.75, 3.05) is 13.1 Å². The standard InChI is InChI=1S/C17H20BrNO.ClH/c1-3-19(4-2)12-14-10-15(18)11-16(17(14)20)13-8-6-5-7-9-13;/h5-11,20H,3-4,12H2,1-2H3;1H. The van der Waals surface area contributed by atoms with Crippen molar-refractivity contribution < 1.29 is 5.11 Å². The number of hydrogen-bond donors (Lipinski definition) is 1. The Balaban J connectivity index is 0.00000220. The lowest BCUT2D eigenvalue weighted by molar-refractivity contribution is 0.291. The Morgan fingerprint density at radius 2 is 1.67 bits per heavy atom. The predicted molar refractivity (Wildman–Crippen MR) is 95.1 cm³/mol. The highest BCUT2D eigenvalue weighted by Gasteiger charge is 2.13. The van der Waals surface area contributed by atoms with E-state index >= 15 is 0 Å². The first-order valence-corrected chi connectivity index (χ1v) is 7.74. The fourth-order valence-corrected chi connectivity index (χ4v) is 2.81. The topological polar surface area (TPSA) is 23.5 Å². The van der Waals surface area contributed by atoms with Crippen LogP contribution in [0.5, 0.6) is 5.75 Å². The van der Waals surface area contributed by atoms with Crippen LogP contribution in [0, 0.1) is 0 Å². The molecule has 0 saturated carbocycles.